The topological polar surface area (TPSA) is 61.8 Å². The highest BCUT2D eigenvalue weighted by Gasteiger charge is 2.72. The van der Waals surface area contributed by atoms with Gasteiger partial charge < -0.3 is 14.2 Å². The maximum atomic E-state index is 12.6. The summed E-state index contributed by atoms with van der Waals surface area (Å²) in [6, 6.07) is 0. The molecular formula is C20H28O5. The highest BCUT2D eigenvalue weighted by Crippen LogP contribution is 2.74. The fourth-order valence-corrected chi connectivity index (χ4v) is 5.26. The van der Waals surface area contributed by atoms with Crippen LogP contribution in [0, 0.1) is 16.7 Å². The average Bonchev–Trinajstić information content (AvgIpc) is 3.14. The molecule has 0 radical (unpaired) electrons. The third-order valence-corrected chi connectivity index (χ3v) is 6.93. The molecule has 4 fully saturated rings. The highest BCUT2D eigenvalue weighted by atomic mass is 16.9. The molecule has 5 nitrogen and oxygen atoms in total. The second kappa shape index (κ2) is 5.92. The summed E-state index contributed by atoms with van der Waals surface area (Å²) in [4.78, 5) is 25.1. The van der Waals surface area contributed by atoms with Crippen molar-refractivity contribution < 1.29 is 23.8 Å². The van der Waals surface area contributed by atoms with Gasteiger partial charge in [-0.3, -0.25) is 4.79 Å². The molecule has 0 aromatic heterocycles. The van der Waals surface area contributed by atoms with E-state index in [1.165, 1.54) is 6.42 Å². The number of fused-ring (bicyclic) bond motifs is 1. The van der Waals surface area contributed by atoms with E-state index in [-0.39, 0.29) is 29.6 Å². The van der Waals surface area contributed by atoms with Gasteiger partial charge in [0.05, 0.1) is 5.41 Å². The first-order valence-corrected chi connectivity index (χ1v) is 9.60. The van der Waals surface area contributed by atoms with Crippen LogP contribution in [0.2, 0.25) is 0 Å². The number of carbonyl (C=O) groups is 2. The number of carbonyl (C=O) groups excluding carboxylic acids is 2. The molecule has 4 aliphatic rings. The lowest BCUT2D eigenvalue weighted by atomic mass is 9.75. The van der Waals surface area contributed by atoms with Gasteiger partial charge in [-0.25, -0.2) is 4.79 Å². The fraction of sp³-hybridized carbons (Fsp3) is 0.800. The van der Waals surface area contributed by atoms with E-state index in [9.17, 15) is 9.59 Å². The van der Waals surface area contributed by atoms with Gasteiger partial charge in [0.2, 0.25) is 0 Å². The number of Topliss-reactive ketones (excluding diaryl/α,β-unsaturated/α-hetero) is 1. The minimum atomic E-state index is -0.635. The maximum absolute atomic E-state index is 12.6. The summed E-state index contributed by atoms with van der Waals surface area (Å²) in [5.74, 6) is 0.132. The third kappa shape index (κ3) is 2.67. The van der Waals surface area contributed by atoms with E-state index < -0.39 is 11.7 Å². The summed E-state index contributed by atoms with van der Waals surface area (Å²) in [5.41, 5.74) is -0.370. The number of hydrogen-bond donors (Lipinski definition) is 0. The molecule has 1 saturated heterocycles. The molecule has 1 aliphatic heterocycles. The summed E-state index contributed by atoms with van der Waals surface area (Å²) in [5, 5.41) is 0. The van der Waals surface area contributed by atoms with Crippen LogP contribution in [0.25, 0.3) is 0 Å². The molecule has 0 bridgehead atoms. The molecule has 3 atom stereocenters. The van der Waals surface area contributed by atoms with Gasteiger partial charge in [-0.2, -0.15) is 0 Å². The Morgan fingerprint density at radius 1 is 1.08 bits per heavy atom. The van der Waals surface area contributed by atoms with E-state index in [4.69, 9.17) is 14.2 Å². The largest absolute Gasteiger partial charge is 0.459 e. The van der Waals surface area contributed by atoms with Crippen molar-refractivity contribution in [2.24, 2.45) is 16.7 Å². The van der Waals surface area contributed by atoms with Crippen molar-refractivity contribution in [2.75, 3.05) is 0 Å². The Labute approximate surface area is 149 Å². The van der Waals surface area contributed by atoms with E-state index >= 15 is 0 Å². The van der Waals surface area contributed by atoms with Gasteiger partial charge in [0.25, 0.3) is 0 Å². The van der Waals surface area contributed by atoms with Crippen molar-refractivity contribution >= 4 is 11.8 Å². The first kappa shape index (κ1) is 17.2. The zero-order valence-corrected chi connectivity index (χ0v) is 15.2. The van der Waals surface area contributed by atoms with Crippen molar-refractivity contribution in [2.45, 2.75) is 83.9 Å². The monoisotopic (exact) mass is 348 g/mol. The van der Waals surface area contributed by atoms with Crippen LogP contribution in [0.1, 0.15) is 65.2 Å². The van der Waals surface area contributed by atoms with Crippen LogP contribution in [0.5, 0.6) is 0 Å². The molecule has 3 aliphatic carbocycles. The molecule has 0 spiro atoms. The molecule has 0 amide bonds. The Bertz CT molecular complexity index is 601. The van der Waals surface area contributed by atoms with Gasteiger partial charge in [0.15, 0.2) is 12.6 Å². The van der Waals surface area contributed by atoms with Crippen molar-refractivity contribution in [1.82, 2.24) is 0 Å². The number of ether oxygens (including phenoxy) is 3. The Morgan fingerprint density at radius 2 is 1.72 bits per heavy atom. The molecule has 3 saturated carbocycles. The summed E-state index contributed by atoms with van der Waals surface area (Å²) in [7, 11) is 0. The first-order chi connectivity index (χ1) is 11.9. The van der Waals surface area contributed by atoms with Crippen molar-refractivity contribution in [3.63, 3.8) is 0 Å². The molecule has 25 heavy (non-hydrogen) atoms. The van der Waals surface area contributed by atoms with E-state index in [1.807, 2.05) is 6.92 Å². The minimum absolute atomic E-state index is 0.0321. The Hall–Kier alpha value is -1.20. The minimum Gasteiger partial charge on any atom is -0.459 e. The van der Waals surface area contributed by atoms with Crippen LogP contribution < -0.4 is 0 Å². The van der Waals surface area contributed by atoms with E-state index in [0.717, 1.165) is 38.5 Å². The van der Waals surface area contributed by atoms with Crippen LogP contribution in [0.4, 0.5) is 0 Å². The summed E-state index contributed by atoms with van der Waals surface area (Å²) >= 11 is 0. The summed E-state index contributed by atoms with van der Waals surface area (Å²) in [6.45, 7) is 7.53. The zero-order valence-electron chi connectivity index (χ0n) is 15.2. The van der Waals surface area contributed by atoms with Crippen molar-refractivity contribution in [3.8, 4) is 0 Å². The van der Waals surface area contributed by atoms with E-state index in [1.54, 1.807) is 6.92 Å². The number of hydrogen-bond acceptors (Lipinski definition) is 5. The van der Waals surface area contributed by atoms with Crippen molar-refractivity contribution in [3.05, 3.63) is 12.2 Å². The van der Waals surface area contributed by atoms with Gasteiger partial charge in [0.1, 0.15) is 11.9 Å². The number of rotatable bonds is 5. The fourth-order valence-electron chi connectivity index (χ4n) is 5.26. The molecule has 0 aromatic carbocycles. The molecule has 4 rings (SSSR count). The van der Waals surface area contributed by atoms with Crippen LogP contribution in [-0.4, -0.2) is 30.4 Å². The standard InChI is InChI=1S/C20H28O5/c1-12(17(22)25-16-7-5-4-6-8-16)19-9-15(19)10-20(11-19,13(2)21)18-23-14(3)24-18/h14-16,18H,1,4-11H2,2-3H3. The molecule has 0 N–H and O–H groups in total. The molecule has 3 unspecified atom stereocenters. The Morgan fingerprint density at radius 3 is 2.32 bits per heavy atom. The predicted octanol–water partition coefficient (Wildman–Crippen LogP) is 3.51. The van der Waals surface area contributed by atoms with Crippen LogP contribution in [0.3, 0.4) is 0 Å². The quantitative estimate of drug-likeness (QED) is 0.562. The highest BCUT2D eigenvalue weighted by molar-refractivity contribution is 5.92. The average molecular weight is 348 g/mol. The molecule has 0 aromatic rings. The van der Waals surface area contributed by atoms with Gasteiger partial charge in [-0.1, -0.05) is 13.0 Å². The zero-order chi connectivity index (χ0) is 17.8. The number of ketones is 1. The molecular weight excluding hydrogens is 320 g/mol. The Balaban J connectivity index is 1.45. The van der Waals surface area contributed by atoms with Crippen LogP contribution in [-0.2, 0) is 23.8 Å². The predicted molar refractivity (Wildman–Crippen MR) is 90.4 cm³/mol. The first-order valence-electron chi connectivity index (χ1n) is 9.60. The van der Waals surface area contributed by atoms with E-state index in [0.29, 0.717) is 17.9 Å². The summed E-state index contributed by atoms with van der Waals surface area (Å²) < 4.78 is 17.1. The second-order valence-corrected chi connectivity index (χ2v) is 8.47. The normalized spacial score (nSPS) is 43.0. The molecule has 1 heterocycles. The lowest BCUT2D eigenvalue weighted by Crippen LogP contribution is -2.53. The van der Waals surface area contributed by atoms with Gasteiger partial charge >= 0.3 is 5.97 Å². The van der Waals surface area contributed by atoms with Gasteiger partial charge in [0, 0.05) is 11.0 Å². The molecule has 138 valence electrons. The summed E-state index contributed by atoms with van der Waals surface area (Å²) in [6.07, 6.45) is 6.91. The third-order valence-electron chi connectivity index (χ3n) is 6.93. The lowest BCUT2D eigenvalue weighted by Gasteiger charge is -2.45. The Kier molecular flexibility index (Phi) is 4.08. The van der Waals surface area contributed by atoms with Gasteiger partial charge in [-0.15, -0.1) is 0 Å². The lowest BCUT2D eigenvalue weighted by molar-refractivity contribution is -0.404. The van der Waals surface area contributed by atoms with E-state index in [2.05, 4.69) is 6.58 Å². The van der Waals surface area contributed by atoms with Crippen molar-refractivity contribution in [1.29, 1.82) is 0 Å². The molecule has 5 heteroatoms. The number of esters is 1. The van der Waals surface area contributed by atoms with Crippen LogP contribution >= 0.6 is 0 Å². The smallest absolute Gasteiger partial charge is 0.334 e. The van der Waals surface area contributed by atoms with Gasteiger partial charge in [-0.05, 0) is 64.7 Å². The maximum Gasteiger partial charge on any atom is 0.334 e. The second-order valence-electron chi connectivity index (χ2n) is 8.47. The SMILES string of the molecule is C=C(C(=O)OC1CCCCC1)C12CC1CC(C(C)=O)(C1OC(C)O1)C2. The van der Waals surface area contributed by atoms with Crippen LogP contribution in [0.15, 0.2) is 12.2 Å².